The van der Waals surface area contributed by atoms with Gasteiger partial charge in [0.15, 0.2) is 23.0 Å². The van der Waals surface area contributed by atoms with Gasteiger partial charge in [0.1, 0.15) is 0 Å². The van der Waals surface area contributed by atoms with Gasteiger partial charge in [-0.05, 0) is 99.1 Å². The van der Waals surface area contributed by atoms with Crippen molar-refractivity contribution in [3.63, 3.8) is 0 Å². The number of hydrogen-bond donors (Lipinski definition) is 0. The van der Waals surface area contributed by atoms with Gasteiger partial charge in [-0.1, -0.05) is 135 Å². The molecule has 0 unspecified atom stereocenters. The highest BCUT2D eigenvalue weighted by Crippen LogP contribution is 2.57. The molecule has 0 amide bonds. The molecular weight excluding hydrogens is 691 g/mol. The van der Waals surface area contributed by atoms with Crippen LogP contribution in [0.25, 0.3) is 53.6 Å². The minimum absolute atomic E-state index is 0.157. The van der Waals surface area contributed by atoms with E-state index in [4.69, 9.17) is 9.47 Å². The second kappa shape index (κ2) is 12.2. The van der Waals surface area contributed by atoms with E-state index < -0.39 is 0 Å². The van der Waals surface area contributed by atoms with Crippen LogP contribution in [-0.2, 0) is 5.41 Å². The van der Waals surface area contributed by atoms with Gasteiger partial charge in [-0.2, -0.15) is 0 Å². The summed E-state index contributed by atoms with van der Waals surface area (Å²) < 4.78 is 16.3. The molecule has 262 valence electrons. The number of hydrogen-bond acceptors (Lipinski definition) is 4. The summed E-state index contributed by atoms with van der Waals surface area (Å²) in [6, 6.07) is 62.7. The highest BCUT2D eigenvalue weighted by atomic mass is 32.1. The smallest absolute Gasteiger partial charge is 0.194 e. The van der Waals surface area contributed by atoms with Crippen molar-refractivity contribution in [2.24, 2.45) is 0 Å². The summed E-state index contributed by atoms with van der Waals surface area (Å²) >= 11 is 1.86. The van der Waals surface area contributed by atoms with Crippen LogP contribution in [0.3, 0.4) is 0 Å². The molecule has 4 heteroatoms. The zero-order valence-electron chi connectivity index (χ0n) is 30.4. The first-order chi connectivity index (χ1) is 27.0. The van der Waals surface area contributed by atoms with E-state index in [9.17, 15) is 0 Å². The van der Waals surface area contributed by atoms with E-state index in [1.807, 2.05) is 17.4 Å². The van der Waals surface area contributed by atoms with E-state index in [0.29, 0.717) is 11.5 Å². The Labute approximate surface area is 324 Å². The van der Waals surface area contributed by atoms with Gasteiger partial charge >= 0.3 is 0 Å². The van der Waals surface area contributed by atoms with Crippen molar-refractivity contribution in [2.45, 2.75) is 19.3 Å². The van der Waals surface area contributed by atoms with Gasteiger partial charge in [0.25, 0.3) is 0 Å². The van der Waals surface area contributed by atoms with Crippen LogP contribution in [0.2, 0.25) is 0 Å². The van der Waals surface area contributed by atoms with Gasteiger partial charge in [0.05, 0.1) is 5.69 Å². The van der Waals surface area contributed by atoms with Gasteiger partial charge in [-0.3, -0.25) is 0 Å². The lowest BCUT2D eigenvalue weighted by molar-refractivity contribution is 0.360. The van der Waals surface area contributed by atoms with Crippen LogP contribution >= 0.6 is 11.3 Å². The largest absolute Gasteiger partial charge is 0.449 e. The number of anilines is 3. The lowest BCUT2D eigenvalue weighted by Crippen LogP contribution is -2.15. The van der Waals surface area contributed by atoms with Gasteiger partial charge < -0.3 is 14.4 Å². The van der Waals surface area contributed by atoms with Gasteiger partial charge in [0.2, 0.25) is 0 Å². The van der Waals surface area contributed by atoms with Crippen LogP contribution in [0.15, 0.2) is 176 Å². The number of thiophene rings is 1. The molecule has 11 rings (SSSR count). The molecular formula is C51H35NO2S. The van der Waals surface area contributed by atoms with Crippen LogP contribution in [0.1, 0.15) is 25.0 Å². The van der Waals surface area contributed by atoms with Crippen LogP contribution < -0.4 is 14.4 Å². The van der Waals surface area contributed by atoms with Crippen LogP contribution in [0.5, 0.6) is 23.0 Å². The average molecular weight is 726 g/mol. The van der Waals surface area contributed by atoms with Crippen molar-refractivity contribution < 1.29 is 9.47 Å². The van der Waals surface area contributed by atoms with Crippen LogP contribution in [0, 0.1) is 0 Å². The average Bonchev–Trinajstić information content (AvgIpc) is 3.72. The summed E-state index contributed by atoms with van der Waals surface area (Å²) in [5.74, 6) is 2.83. The van der Waals surface area contributed by atoms with Crippen LogP contribution in [0.4, 0.5) is 17.1 Å². The number of rotatable bonds is 5. The number of para-hydroxylation sites is 1. The summed E-state index contributed by atoms with van der Waals surface area (Å²) in [6.07, 6.45) is 0. The first-order valence-corrected chi connectivity index (χ1v) is 19.6. The predicted molar refractivity (Wildman–Crippen MR) is 229 cm³/mol. The molecule has 9 aromatic rings. The SMILES string of the molecule is CC1(C)c2ccccc2-c2cc3c(cc21)Oc1c(cccc1N(c1ccc(-c2cccc4c2sc2ccccc24)cc1)c1cccc(-c2ccccc2)c1)O3. The number of nitrogens with zero attached hydrogens (tertiary/aromatic N) is 1. The quantitative estimate of drug-likeness (QED) is 0.176. The van der Waals surface area contributed by atoms with E-state index in [0.717, 1.165) is 39.7 Å². The molecule has 2 aliphatic rings. The molecule has 0 fully saturated rings. The Balaban J connectivity index is 1.04. The van der Waals surface area contributed by atoms with E-state index in [-0.39, 0.29) is 5.41 Å². The Bertz CT molecular complexity index is 2960. The minimum Gasteiger partial charge on any atom is -0.449 e. The van der Waals surface area contributed by atoms with Crippen molar-refractivity contribution in [1.82, 2.24) is 0 Å². The van der Waals surface area contributed by atoms with Crippen molar-refractivity contribution >= 4 is 48.6 Å². The Morgan fingerprint density at radius 1 is 0.455 bits per heavy atom. The maximum atomic E-state index is 6.97. The molecule has 0 atom stereocenters. The van der Waals surface area contributed by atoms with E-state index in [2.05, 4.69) is 189 Å². The second-order valence-corrected chi connectivity index (χ2v) is 16.0. The predicted octanol–water partition coefficient (Wildman–Crippen LogP) is 15.1. The Hall–Kier alpha value is -6.62. The third-order valence-corrected chi connectivity index (χ3v) is 12.6. The maximum Gasteiger partial charge on any atom is 0.194 e. The number of ether oxygens (including phenoxy) is 2. The third-order valence-electron chi connectivity index (χ3n) is 11.3. The van der Waals surface area contributed by atoms with Gasteiger partial charge in [0, 0.05) is 37.0 Å². The fourth-order valence-electron chi connectivity index (χ4n) is 8.61. The first-order valence-electron chi connectivity index (χ1n) is 18.7. The monoisotopic (exact) mass is 725 g/mol. The van der Waals surface area contributed by atoms with Gasteiger partial charge in [-0.15, -0.1) is 11.3 Å². The topological polar surface area (TPSA) is 21.7 Å². The van der Waals surface area contributed by atoms with Gasteiger partial charge in [-0.25, -0.2) is 0 Å². The summed E-state index contributed by atoms with van der Waals surface area (Å²) in [6.45, 7) is 4.58. The standard InChI is InChI=1S/C51H35NO2S/c1-51(2)42-21-8-6-17-38(42)41-30-46-47(31-43(41)51)54-49-44(22-12-23-45(49)53-46)52(36-16-10-15-34(29-36)32-13-4-3-5-14-32)35-27-25-33(26-28-35)37-19-11-20-40-39-18-7-9-24-48(39)55-50(37)40/h3-31H,1-2H3. The summed E-state index contributed by atoms with van der Waals surface area (Å²) in [5.41, 5.74) is 12.5. The fourth-order valence-corrected chi connectivity index (χ4v) is 9.84. The summed E-state index contributed by atoms with van der Waals surface area (Å²) in [4.78, 5) is 2.29. The molecule has 1 aromatic heterocycles. The fraction of sp³-hybridized carbons (Fsp3) is 0.0588. The van der Waals surface area contributed by atoms with Crippen molar-refractivity contribution in [3.8, 4) is 56.4 Å². The Morgan fingerprint density at radius 2 is 1.16 bits per heavy atom. The highest BCUT2D eigenvalue weighted by Gasteiger charge is 2.38. The lowest BCUT2D eigenvalue weighted by Gasteiger charge is -2.31. The summed E-state index contributed by atoms with van der Waals surface area (Å²) in [7, 11) is 0. The maximum absolute atomic E-state index is 6.97. The van der Waals surface area contributed by atoms with E-state index in [1.165, 1.54) is 53.6 Å². The lowest BCUT2D eigenvalue weighted by atomic mass is 9.82. The Kier molecular flexibility index (Phi) is 7.07. The molecule has 0 spiro atoms. The number of benzene rings is 8. The van der Waals surface area contributed by atoms with E-state index >= 15 is 0 Å². The minimum atomic E-state index is -0.157. The molecule has 0 radical (unpaired) electrons. The molecule has 0 saturated carbocycles. The zero-order chi connectivity index (χ0) is 36.7. The molecule has 2 heterocycles. The first kappa shape index (κ1) is 31.9. The molecule has 55 heavy (non-hydrogen) atoms. The molecule has 0 saturated heterocycles. The summed E-state index contributed by atoms with van der Waals surface area (Å²) in [5, 5.41) is 2.61. The Morgan fingerprint density at radius 3 is 2.05 bits per heavy atom. The van der Waals surface area contributed by atoms with Crippen molar-refractivity contribution in [1.29, 1.82) is 0 Å². The van der Waals surface area contributed by atoms with Crippen LogP contribution in [-0.4, -0.2) is 0 Å². The number of fused-ring (bicyclic) bond motifs is 8. The van der Waals surface area contributed by atoms with Crippen molar-refractivity contribution in [3.05, 3.63) is 187 Å². The normalized spacial score (nSPS) is 13.3. The molecule has 1 aliphatic carbocycles. The molecule has 0 bridgehead atoms. The highest BCUT2D eigenvalue weighted by molar-refractivity contribution is 7.26. The molecule has 8 aromatic carbocycles. The molecule has 3 nitrogen and oxygen atoms in total. The van der Waals surface area contributed by atoms with Crippen molar-refractivity contribution in [2.75, 3.05) is 4.90 Å². The molecule has 0 N–H and O–H groups in total. The zero-order valence-corrected chi connectivity index (χ0v) is 31.2. The third kappa shape index (κ3) is 5.02. The second-order valence-electron chi connectivity index (χ2n) is 14.9. The van der Waals surface area contributed by atoms with E-state index in [1.54, 1.807) is 0 Å². The molecule has 1 aliphatic heterocycles.